The Hall–Kier alpha value is -2.58. The number of hydrogen-bond acceptors (Lipinski definition) is 7. The molecule has 2 aromatic heterocycles. The van der Waals surface area contributed by atoms with Crippen LogP contribution in [0.2, 0.25) is 0 Å². The van der Waals surface area contributed by atoms with E-state index in [9.17, 15) is 4.79 Å². The maximum absolute atomic E-state index is 13.2. The Morgan fingerprint density at radius 2 is 1.96 bits per heavy atom. The fourth-order valence-electron chi connectivity index (χ4n) is 2.99. The van der Waals surface area contributed by atoms with Crippen molar-refractivity contribution in [3.63, 3.8) is 0 Å². The van der Waals surface area contributed by atoms with Crippen LogP contribution in [0.1, 0.15) is 29.9 Å². The second-order valence-electron chi connectivity index (χ2n) is 6.33. The second-order valence-corrected chi connectivity index (χ2v) is 7.31. The van der Waals surface area contributed by atoms with Gasteiger partial charge in [-0.3, -0.25) is 14.7 Å². The highest BCUT2D eigenvalue weighted by Gasteiger charge is 2.24. The van der Waals surface area contributed by atoms with E-state index in [1.165, 1.54) is 23.7 Å². The molecule has 2 heterocycles. The number of fused-ring (bicyclic) bond motifs is 1. The van der Waals surface area contributed by atoms with E-state index in [0.717, 1.165) is 35.4 Å². The summed E-state index contributed by atoms with van der Waals surface area (Å²) in [6, 6.07) is 3.92. The molecule has 8 heteroatoms. The van der Waals surface area contributed by atoms with Crippen LogP contribution in [-0.2, 0) is 0 Å². The zero-order valence-corrected chi connectivity index (χ0v) is 17.5. The molecule has 3 aromatic rings. The molecule has 0 radical (unpaired) electrons. The molecule has 0 saturated heterocycles. The first-order chi connectivity index (χ1) is 13.6. The maximum atomic E-state index is 13.2. The lowest BCUT2D eigenvalue weighted by molar-refractivity contribution is 0.0978. The molecule has 148 valence electrons. The smallest absolute Gasteiger partial charge is 0.280 e. The Morgan fingerprint density at radius 1 is 1.18 bits per heavy atom. The Kier molecular flexibility index (Phi) is 6.53. The van der Waals surface area contributed by atoms with Crippen molar-refractivity contribution in [1.82, 2.24) is 19.9 Å². The van der Waals surface area contributed by atoms with Crippen LogP contribution in [-0.4, -0.2) is 59.0 Å². The van der Waals surface area contributed by atoms with Crippen molar-refractivity contribution in [3.8, 4) is 5.75 Å². The minimum absolute atomic E-state index is 0.198. The number of methoxy groups -OCH3 is 1. The Morgan fingerprint density at radius 3 is 2.61 bits per heavy atom. The number of thiazole rings is 1. The topological polar surface area (TPSA) is 71.5 Å². The minimum atomic E-state index is -0.198. The Balaban J connectivity index is 2.02. The van der Waals surface area contributed by atoms with E-state index in [4.69, 9.17) is 9.72 Å². The number of aromatic nitrogens is 3. The number of anilines is 1. The predicted molar refractivity (Wildman–Crippen MR) is 112 cm³/mol. The SMILES string of the molecule is CCN(CC)CCN(C(=O)c1cnccn1)c1nc2c(OC)ccc(C)c2s1. The van der Waals surface area contributed by atoms with E-state index >= 15 is 0 Å². The number of rotatable bonds is 8. The van der Waals surface area contributed by atoms with Crippen LogP contribution >= 0.6 is 11.3 Å². The highest BCUT2D eigenvalue weighted by atomic mass is 32.1. The van der Waals surface area contributed by atoms with Crippen LogP contribution in [0.15, 0.2) is 30.7 Å². The first-order valence-electron chi connectivity index (χ1n) is 9.33. The summed E-state index contributed by atoms with van der Waals surface area (Å²) >= 11 is 1.50. The van der Waals surface area contributed by atoms with Crippen LogP contribution < -0.4 is 9.64 Å². The highest BCUT2D eigenvalue weighted by Crippen LogP contribution is 2.36. The first kappa shape index (κ1) is 20.2. The summed E-state index contributed by atoms with van der Waals surface area (Å²) in [6.45, 7) is 9.40. The van der Waals surface area contributed by atoms with Gasteiger partial charge in [0.25, 0.3) is 5.91 Å². The number of aryl methyl sites for hydroxylation is 1. The second kappa shape index (κ2) is 9.07. The van der Waals surface area contributed by atoms with Gasteiger partial charge < -0.3 is 9.64 Å². The third-order valence-electron chi connectivity index (χ3n) is 4.70. The standard InChI is InChI=1S/C20H25N5O2S/c1-5-24(6-2)11-12-25(19(26)15-13-21-9-10-22-15)20-23-17-16(27-4)8-7-14(3)18(17)28-20/h7-10,13H,5-6,11-12H2,1-4H3. The fourth-order valence-corrected chi connectivity index (χ4v) is 4.07. The molecule has 0 atom stereocenters. The Bertz CT molecular complexity index is 940. The normalized spacial score (nSPS) is 11.2. The molecule has 0 spiro atoms. The summed E-state index contributed by atoms with van der Waals surface area (Å²) in [4.78, 5) is 30.1. The van der Waals surface area contributed by atoms with Gasteiger partial charge in [-0.05, 0) is 31.6 Å². The van der Waals surface area contributed by atoms with Crippen LogP contribution in [0.5, 0.6) is 5.75 Å². The summed E-state index contributed by atoms with van der Waals surface area (Å²) in [5.41, 5.74) is 2.20. The lowest BCUT2D eigenvalue weighted by Crippen LogP contribution is -2.39. The van der Waals surface area contributed by atoms with Gasteiger partial charge in [0.2, 0.25) is 0 Å². The lowest BCUT2D eigenvalue weighted by Gasteiger charge is -2.24. The van der Waals surface area contributed by atoms with Gasteiger partial charge >= 0.3 is 0 Å². The molecule has 0 saturated carbocycles. The van der Waals surface area contributed by atoms with E-state index in [0.29, 0.717) is 23.1 Å². The van der Waals surface area contributed by atoms with Gasteiger partial charge in [0.05, 0.1) is 18.0 Å². The zero-order chi connectivity index (χ0) is 20.1. The molecule has 0 aliphatic carbocycles. The maximum Gasteiger partial charge on any atom is 0.280 e. The van der Waals surface area contributed by atoms with Crippen molar-refractivity contribution >= 4 is 32.6 Å². The van der Waals surface area contributed by atoms with Crippen LogP contribution in [0, 0.1) is 6.92 Å². The van der Waals surface area contributed by atoms with Crippen molar-refractivity contribution in [1.29, 1.82) is 0 Å². The van der Waals surface area contributed by atoms with Crippen molar-refractivity contribution in [2.75, 3.05) is 38.2 Å². The Labute approximate surface area is 169 Å². The van der Waals surface area contributed by atoms with Gasteiger partial charge in [0.15, 0.2) is 5.13 Å². The van der Waals surface area contributed by atoms with E-state index in [2.05, 4.69) is 28.7 Å². The van der Waals surface area contributed by atoms with Gasteiger partial charge in [-0.25, -0.2) is 9.97 Å². The molecule has 0 N–H and O–H groups in total. The monoisotopic (exact) mass is 399 g/mol. The molecule has 0 fully saturated rings. The quantitative estimate of drug-likeness (QED) is 0.578. The first-order valence-corrected chi connectivity index (χ1v) is 10.1. The van der Waals surface area contributed by atoms with Crippen molar-refractivity contribution in [2.24, 2.45) is 0 Å². The zero-order valence-electron chi connectivity index (χ0n) is 16.7. The molecular weight excluding hydrogens is 374 g/mol. The van der Waals surface area contributed by atoms with Gasteiger partial charge in [-0.2, -0.15) is 0 Å². The largest absolute Gasteiger partial charge is 0.494 e. The summed E-state index contributed by atoms with van der Waals surface area (Å²) in [6.07, 6.45) is 4.58. The molecule has 28 heavy (non-hydrogen) atoms. The number of benzene rings is 1. The van der Waals surface area contributed by atoms with Gasteiger partial charge in [0.1, 0.15) is 17.0 Å². The van der Waals surface area contributed by atoms with Crippen molar-refractivity contribution in [3.05, 3.63) is 42.0 Å². The molecule has 0 aliphatic heterocycles. The van der Waals surface area contributed by atoms with E-state index in [1.807, 2.05) is 19.1 Å². The minimum Gasteiger partial charge on any atom is -0.494 e. The molecule has 3 rings (SSSR count). The third-order valence-corrected chi connectivity index (χ3v) is 5.92. The number of amides is 1. The van der Waals surface area contributed by atoms with Crippen molar-refractivity contribution in [2.45, 2.75) is 20.8 Å². The van der Waals surface area contributed by atoms with Crippen LogP contribution in [0.4, 0.5) is 5.13 Å². The van der Waals surface area contributed by atoms with E-state index in [1.54, 1.807) is 18.2 Å². The van der Waals surface area contributed by atoms with Crippen LogP contribution in [0.3, 0.4) is 0 Å². The molecular formula is C20H25N5O2S. The van der Waals surface area contributed by atoms with Crippen LogP contribution in [0.25, 0.3) is 10.2 Å². The fraction of sp³-hybridized carbons (Fsp3) is 0.400. The summed E-state index contributed by atoms with van der Waals surface area (Å²) in [5, 5.41) is 0.644. The molecule has 1 aromatic carbocycles. The summed E-state index contributed by atoms with van der Waals surface area (Å²) < 4.78 is 6.49. The lowest BCUT2D eigenvalue weighted by atomic mass is 10.2. The molecule has 7 nitrogen and oxygen atoms in total. The molecule has 0 bridgehead atoms. The molecule has 1 amide bonds. The summed E-state index contributed by atoms with van der Waals surface area (Å²) in [5.74, 6) is 0.509. The van der Waals surface area contributed by atoms with Gasteiger partial charge in [0, 0.05) is 25.5 Å². The number of carbonyl (C=O) groups is 1. The predicted octanol–water partition coefficient (Wildman–Crippen LogP) is 3.39. The highest BCUT2D eigenvalue weighted by molar-refractivity contribution is 7.22. The van der Waals surface area contributed by atoms with Gasteiger partial charge in [-0.15, -0.1) is 0 Å². The number of hydrogen-bond donors (Lipinski definition) is 0. The van der Waals surface area contributed by atoms with E-state index < -0.39 is 0 Å². The van der Waals surface area contributed by atoms with Crippen molar-refractivity contribution < 1.29 is 9.53 Å². The number of nitrogens with zero attached hydrogens (tertiary/aromatic N) is 5. The average Bonchev–Trinajstić information content (AvgIpc) is 3.18. The summed E-state index contributed by atoms with van der Waals surface area (Å²) in [7, 11) is 1.63. The number of carbonyl (C=O) groups excluding carboxylic acids is 1. The van der Waals surface area contributed by atoms with Gasteiger partial charge in [-0.1, -0.05) is 31.3 Å². The number of ether oxygens (including phenoxy) is 1. The molecule has 0 unspecified atom stereocenters. The average molecular weight is 400 g/mol. The van der Waals surface area contributed by atoms with E-state index in [-0.39, 0.29) is 5.91 Å². The number of likely N-dealkylation sites (N-methyl/N-ethyl adjacent to an activating group) is 1. The molecule has 0 aliphatic rings. The third kappa shape index (κ3) is 4.13.